The monoisotopic (exact) mass is 308 g/mol. The highest BCUT2D eigenvalue weighted by atomic mass is 16.5. The summed E-state index contributed by atoms with van der Waals surface area (Å²) in [6.45, 7) is 8.84. The smallest absolute Gasteiger partial charge is 0.315 e. The van der Waals surface area contributed by atoms with Crippen LogP contribution in [-0.4, -0.2) is 29.9 Å². The molecule has 0 bridgehead atoms. The molecular weight excluding hydrogens is 280 g/mol. The van der Waals surface area contributed by atoms with Crippen molar-refractivity contribution < 1.29 is 14.6 Å². The van der Waals surface area contributed by atoms with Gasteiger partial charge in [-0.2, -0.15) is 0 Å². The number of rotatable bonds is 8. The van der Waals surface area contributed by atoms with Crippen molar-refractivity contribution in [3.63, 3.8) is 0 Å². The van der Waals surface area contributed by atoms with Gasteiger partial charge in [-0.1, -0.05) is 38.5 Å². The number of para-hydroxylation sites is 1. The molecule has 0 radical (unpaired) electrons. The van der Waals surface area contributed by atoms with Crippen molar-refractivity contribution >= 4 is 6.03 Å². The number of hydrogen-bond acceptors (Lipinski definition) is 3. The molecule has 0 saturated heterocycles. The van der Waals surface area contributed by atoms with Gasteiger partial charge in [0, 0.05) is 18.7 Å². The summed E-state index contributed by atoms with van der Waals surface area (Å²) in [6.07, 6.45) is 0.859. The van der Waals surface area contributed by atoms with Crippen molar-refractivity contribution in [2.24, 2.45) is 5.92 Å². The fourth-order valence-corrected chi connectivity index (χ4v) is 2.06. The number of urea groups is 1. The first-order chi connectivity index (χ1) is 10.4. The Labute approximate surface area is 133 Å². The van der Waals surface area contributed by atoms with Gasteiger partial charge in [0.15, 0.2) is 0 Å². The lowest BCUT2D eigenvalue weighted by Crippen LogP contribution is -2.47. The quantitative estimate of drug-likeness (QED) is 0.691. The first-order valence-electron chi connectivity index (χ1n) is 7.85. The van der Waals surface area contributed by atoms with Crippen LogP contribution in [0.4, 0.5) is 4.79 Å². The third-order valence-electron chi connectivity index (χ3n) is 3.99. The maximum absolute atomic E-state index is 11.9. The molecule has 0 saturated carbocycles. The van der Waals surface area contributed by atoms with E-state index in [1.807, 2.05) is 45.0 Å². The van der Waals surface area contributed by atoms with Gasteiger partial charge in [0.05, 0.1) is 12.2 Å². The molecule has 0 aliphatic heterocycles. The van der Waals surface area contributed by atoms with Crippen molar-refractivity contribution in [2.75, 3.05) is 13.2 Å². The second-order valence-corrected chi connectivity index (χ2v) is 5.74. The van der Waals surface area contributed by atoms with Crippen LogP contribution in [0.1, 0.15) is 39.7 Å². The van der Waals surface area contributed by atoms with Crippen molar-refractivity contribution in [1.82, 2.24) is 10.6 Å². The van der Waals surface area contributed by atoms with Crippen molar-refractivity contribution in [3.8, 4) is 5.75 Å². The van der Waals surface area contributed by atoms with E-state index in [2.05, 4.69) is 10.6 Å². The highest BCUT2D eigenvalue weighted by molar-refractivity contribution is 5.74. The number of carbonyl (C=O) groups excluding carboxylic acids is 1. The summed E-state index contributed by atoms with van der Waals surface area (Å²) < 4.78 is 5.52. The Morgan fingerprint density at radius 1 is 1.32 bits per heavy atom. The second kappa shape index (κ2) is 8.63. The summed E-state index contributed by atoms with van der Waals surface area (Å²) >= 11 is 0. The number of amides is 2. The standard InChI is InChI=1S/C17H28N2O3/c1-5-13(3)17(4,21)12-19-16(20)18-11-14-9-7-8-10-15(14)22-6-2/h7-10,13,21H,5-6,11-12H2,1-4H3,(H2,18,19,20). The van der Waals surface area contributed by atoms with Crippen LogP contribution >= 0.6 is 0 Å². The molecule has 0 heterocycles. The predicted molar refractivity (Wildman–Crippen MR) is 87.9 cm³/mol. The van der Waals surface area contributed by atoms with Crippen molar-refractivity contribution in [3.05, 3.63) is 29.8 Å². The second-order valence-electron chi connectivity index (χ2n) is 5.74. The van der Waals surface area contributed by atoms with Gasteiger partial charge in [-0.25, -0.2) is 4.79 Å². The van der Waals surface area contributed by atoms with Gasteiger partial charge in [0.1, 0.15) is 5.75 Å². The predicted octanol–water partition coefficient (Wildman–Crippen LogP) is 2.68. The van der Waals surface area contributed by atoms with Crippen LogP contribution in [0.5, 0.6) is 5.75 Å². The van der Waals surface area contributed by atoms with Gasteiger partial charge in [-0.05, 0) is 25.8 Å². The van der Waals surface area contributed by atoms with E-state index in [-0.39, 0.29) is 18.5 Å². The summed E-state index contributed by atoms with van der Waals surface area (Å²) in [6, 6.07) is 7.31. The zero-order chi connectivity index (χ0) is 16.6. The first-order valence-corrected chi connectivity index (χ1v) is 7.85. The van der Waals surface area contributed by atoms with Crippen LogP contribution in [0.2, 0.25) is 0 Å². The van der Waals surface area contributed by atoms with E-state index < -0.39 is 5.60 Å². The zero-order valence-corrected chi connectivity index (χ0v) is 14.0. The molecule has 2 atom stereocenters. The molecule has 22 heavy (non-hydrogen) atoms. The fourth-order valence-electron chi connectivity index (χ4n) is 2.06. The molecule has 1 rings (SSSR count). The lowest BCUT2D eigenvalue weighted by atomic mass is 9.89. The number of ether oxygens (including phenoxy) is 1. The van der Waals surface area contributed by atoms with Gasteiger partial charge in [-0.15, -0.1) is 0 Å². The Bertz CT molecular complexity index is 475. The van der Waals surface area contributed by atoms with Crippen LogP contribution in [-0.2, 0) is 6.54 Å². The zero-order valence-electron chi connectivity index (χ0n) is 14.0. The Morgan fingerprint density at radius 2 is 2.00 bits per heavy atom. The SMILES string of the molecule is CCOc1ccccc1CNC(=O)NCC(C)(O)C(C)CC. The lowest BCUT2D eigenvalue weighted by molar-refractivity contribution is 0.00790. The minimum Gasteiger partial charge on any atom is -0.494 e. The van der Waals surface area contributed by atoms with Gasteiger partial charge in [0.2, 0.25) is 0 Å². The van der Waals surface area contributed by atoms with Gasteiger partial charge in [0.25, 0.3) is 0 Å². The number of hydrogen-bond donors (Lipinski definition) is 3. The summed E-state index contributed by atoms with van der Waals surface area (Å²) in [7, 11) is 0. The average Bonchev–Trinajstić information content (AvgIpc) is 2.51. The molecule has 0 aliphatic rings. The van der Waals surface area contributed by atoms with Crippen LogP contribution in [0, 0.1) is 5.92 Å². The largest absolute Gasteiger partial charge is 0.494 e. The molecule has 2 unspecified atom stereocenters. The summed E-state index contributed by atoms with van der Waals surface area (Å²) in [4.78, 5) is 11.9. The Hall–Kier alpha value is -1.75. The number of carbonyl (C=O) groups is 1. The molecule has 1 aromatic rings. The first kappa shape index (κ1) is 18.3. The van der Waals surface area contributed by atoms with E-state index >= 15 is 0 Å². The molecule has 1 aromatic carbocycles. The van der Waals surface area contributed by atoms with E-state index in [0.29, 0.717) is 13.2 Å². The lowest BCUT2D eigenvalue weighted by Gasteiger charge is -2.29. The number of benzene rings is 1. The highest BCUT2D eigenvalue weighted by Gasteiger charge is 2.27. The van der Waals surface area contributed by atoms with Crippen LogP contribution in [0.25, 0.3) is 0 Å². The summed E-state index contributed by atoms with van der Waals surface area (Å²) in [5.41, 5.74) is 0.0168. The maximum atomic E-state index is 11.9. The molecule has 2 amide bonds. The third kappa shape index (κ3) is 5.56. The minimum absolute atomic E-state index is 0.117. The van der Waals surface area contributed by atoms with Crippen LogP contribution in [0.3, 0.4) is 0 Å². The maximum Gasteiger partial charge on any atom is 0.315 e. The molecule has 0 spiro atoms. The molecular formula is C17H28N2O3. The third-order valence-corrected chi connectivity index (χ3v) is 3.99. The minimum atomic E-state index is -0.907. The van der Waals surface area contributed by atoms with E-state index in [9.17, 15) is 9.90 Å². The average molecular weight is 308 g/mol. The Kier molecular flexibility index (Phi) is 7.18. The number of nitrogens with one attached hydrogen (secondary N) is 2. The van der Waals surface area contributed by atoms with Crippen molar-refractivity contribution in [1.29, 1.82) is 0 Å². The normalized spacial score (nSPS) is 14.8. The molecule has 3 N–H and O–H groups in total. The summed E-state index contributed by atoms with van der Waals surface area (Å²) in [5.74, 6) is 0.892. The number of aliphatic hydroxyl groups is 1. The fraction of sp³-hybridized carbons (Fsp3) is 0.588. The van der Waals surface area contributed by atoms with Crippen LogP contribution < -0.4 is 15.4 Å². The molecule has 0 aliphatic carbocycles. The van der Waals surface area contributed by atoms with Crippen LogP contribution in [0.15, 0.2) is 24.3 Å². The Balaban J connectivity index is 2.47. The molecule has 5 nitrogen and oxygen atoms in total. The molecule has 0 aromatic heterocycles. The van der Waals surface area contributed by atoms with E-state index in [0.717, 1.165) is 17.7 Å². The van der Waals surface area contributed by atoms with Crippen molar-refractivity contribution in [2.45, 2.75) is 46.3 Å². The Morgan fingerprint density at radius 3 is 2.64 bits per heavy atom. The molecule has 124 valence electrons. The van der Waals surface area contributed by atoms with E-state index in [1.165, 1.54) is 0 Å². The highest BCUT2D eigenvalue weighted by Crippen LogP contribution is 2.19. The molecule has 5 heteroatoms. The van der Waals surface area contributed by atoms with Gasteiger partial charge in [-0.3, -0.25) is 0 Å². The summed E-state index contributed by atoms with van der Waals surface area (Å²) in [5, 5.41) is 15.8. The van der Waals surface area contributed by atoms with Gasteiger partial charge < -0.3 is 20.5 Å². The van der Waals surface area contributed by atoms with E-state index in [1.54, 1.807) is 6.92 Å². The topological polar surface area (TPSA) is 70.6 Å². The van der Waals surface area contributed by atoms with Gasteiger partial charge >= 0.3 is 6.03 Å². The van der Waals surface area contributed by atoms with E-state index in [4.69, 9.17) is 4.74 Å². The molecule has 0 fully saturated rings.